The number of anilines is 3. The summed E-state index contributed by atoms with van der Waals surface area (Å²) >= 11 is 0. The number of aliphatic hydroxyl groups excluding tert-OH is 1. The molecule has 0 saturated carbocycles. The van der Waals surface area contributed by atoms with E-state index in [0.717, 1.165) is 0 Å². The van der Waals surface area contributed by atoms with Crippen LogP contribution < -0.4 is 14.5 Å². The van der Waals surface area contributed by atoms with Gasteiger partial charge < -0.3 is 23.6 Å². The average Bonchev–Trinajstić information content (AvgIpc) is 3.39. The van der Waals surface area contributed by atoms with E-state index in [9.17, 15) is 24.8 Å². The predicted octanol–water partition coefficient (Wildman–Crippen LogP) is 5.36. The molecule has 0 aliphatic carbocycles. The number of nitro groups is 1. The Balaban J connectivity index is 1.42. The Labute approximate surface area is 249 Å². The molecule has 2 amide bonds. The fraction of sp³-hybridized carbons (Fsp3) is 0.355. The number of carbonyl (C=O) groups is 2. The fourth-order valence-corrected chi connectivity index (χ4v) is 9.61. The molecule has 0 aromatic heterocycles. The van der Waals surface area contributed by atoms with Crippen molar-refractivity contribution < 1.29 is 33.2 Å². The number of nitro benzene ring substituents is 1. The van der Waals surface area contributed by atoms with Crippen LogP contribution in [0.2, 0.25) is 18.6 Å². The summed E-state index contributed by atoms with van der Waals surface area (Å²) in [4.78, 5) is 41.8. The van der Waals surface area contributed by atoms with Crippen LogP contribution in [0, 0.1) is 16.0 Å². The minimum atomic E-state index is -3.41. The minimum absolute atomic E-state index is 0.0846. The van der Waals surface area contributed by atoms with E-state index in [1.54, 1.807) is 49.2 Å². The van der Waals surface area contributed by atoms with E-state index in [0.29, 0.717) is 33.9 Å². The van der Waals surface area contributed by atoms with Crippen LogP contribution in [0.15, 0.2) is 66.7 Å². The minimum Gasteiger partial charge on any atom is -0.482 e. The van der Waals surface area contributed by atoms with Crippen LogP contribution >= 0.6 is 0 Å². The third-order valence-electron chi connectivity index (χ3n) is 8.78. The summed E-state index contributed by atoms with van der Waals surface area (Å²) in [5.74, 6) is -0.726. The van der Waals surface area contributed by atoms with Crippen LogP contribution in [0.5, 0.6) is 5.75 Å². The molecule has 1 N–H and O–H groups in total. The lowest BCUT2D eigenvalue weighted by Gasteiger charge is -2.31. The summed E-state index contributed by atoms with van der Waals surface area (Å²) in [6.07, 6.45) is -0.579. The Kier molecular flexibility index (Phi) is 7.10. The van der Waals surface area contributed by atoms with Crippen LogP contribution in [0.4, 0.5) is 26.9 Å². The summed E-state index contributed by atoms with van der Waals surface area (Å²) in [6, 6.07) is 18.7. The van der Waals surface area contributed by atoms with Crippen molar-refractivity contribution in [1.82, 2.24) is 0 Å². The lowest BCUT2D eigenvalue weighted by molar-refractivity contribution is -0.385. The van der Waals surface area contributed by atoms with Gasteiger partial charge in [0.15, 0.2) is 12.2 Å². The molecule has 3 aliphatic heterocycles. The third-order valence-corrected chi connectivity index (χ3v) is 11.2. The molecule has 1 spiro atoms. The Morgan fingerprint density at radius 3 is 2.58 bits per heavy atom. The van der Waals surface area contributed by atoms with Crippen molar-refractivity contribution in [1.29, 1.82) is 0 Å². The number of amides is 2. The number of rotatable bonds is 7. The van der Waals surface area contributed by atoms with Gasteiger partial charge in [-0.2, -0.15) is 0 Å². The van der Waals surface area contributed by atoms with Crippen LogP contribution in [-0.2, 0) is 26.5 Å². The maximum Gasteiger partial charge on any atom is 0.269 e. The summed E-state index contributed by atoms with van der Waals surface area (Å²) < 4.78 is 27.8. The van der Waals surface area contributed by atoms with Crippen LogP contribution in [0.1, 0.15) is 24.5 Å². The molecule has 0 unspecified atom stereocenters. The van der Waals surface area contributed by atoms with E-state index in [-0.39, 0.29) is 37.8 Å². The number of carbonyl (C=O) groups excluding carboxylic acids is 2. The van der Waals surface area contributed by atoms with Crippen molar-refractivity contribution in [2.24, 2.45) is 5.92 Å². The van der Waals surface area contributed by atoms with E-state index < -0.39 is 42.4 Å². The third kappa shape index (κ3) is 4.60. The van der Waals surface area contributed by atoms with Crippen molar-refractivity contribution in [2.75, 3.05) is 23.0 Å². The number of hydrogen-bond donors (Lipinski definition) is 1. The highest BCUT2D eigenvalue weighted by molar-refractivity contribution is 6.72. The van der Waals surface area contributed by atoms with E-state index >= 15 is 4.11 Å². The largest absolute Gasteiger partial charge is 0.482 e. The number of benzene rings is 3. The molecule has 3 aromatic rings. The summed E-state index contributed by atoms with van der Waals surface area (Å²) in [6.45, 7) is 4.61. The molecule has 0 radical (unpaired) electrons. The van der Waals surface area contributed by atoms with E-state index in [1.165, 1.54) is 23.1 Å². The number of fused-ring (bicyclic) bond motifs is 3. The van der Waals surface area contributed by atoms with E-state index in [2.05, 4.69) is 0 Å². The molecule has 1 fully saturated rings. The Hall–Kier alpha value is -4.13. The highest BCUT2D eigenvalue weighted by Crippen LogP contribution is 2.60. The Morgan fingerprint density at radius 2 is 1.86 bits per heavy atom. The lowest BCUT2D eigenvalue weighted by atomic mass is 9.82. The summed E-state index contributed by atoms with van der Waals surface area (Å²) in [5.41, 5.74) is 0.232. The normalized spacial score (nSPS) is 24.7. The molecule has 4 atom stereocenters. The molecular weight excluding hydrogens is 573 g/mol. The first-order valence-corrected chi connectivity index (χ1v) is 17.1. The molecule has 3 aliphatic rings. The highest BCUT2D eigenvalue weighted by Gasteiger charge is 2.66. The summed E-state index contributed by atoms with van der Waals surface area (Å²) in [5, 5.41) is 21.5. The van der Waals surface area contributed by atoms with Crippen LogP contribution in [0.25, 0.3) is 0 Å². The molecule has 3 heterocycles. The second-order valence-electron chi connectivity index (χ2n) is 11.8. The van der Waals surface area contributed by atoms with Gasteiger partial charge in [-0.25, -0.2) is 0 Å². The molecule has 224 valence electrons. The van der Waals surface area contributed by atoms with Crippen molar-refractivity contribution in [2.45, 2.75) is 50.2 Å². The second-order valence-corrected chi connectivity index (χ2v) is 15.6. The van der Waals surface area contributed by atoms with Gasteiger partial charge in [-0.15, -0.1) is 0 Å². The first kappa shape index (κ1) is 29.0. The molecule has 3 aromatic carbocycles. The van der Waals surface area contributed by atoms with Gasteiger partial charge in [0.05, 0.1) is 28.9 Å². The highest BCUT2D eigenvalue weighted by atomic mass is 28.4. The van der Waals surface area contributed by atoms with Gasteiger partial charge >= 0.3 is 0 Å². The Bertz CT molecular complexity index is 1630. The number of para-hydroxylation sites is 2. The number of ether oxygens (including phenoxy) is 2. The molecule has 10 nitrogen and oxygen atoms in total. The first-order chi connectivity index (χ1) is 20.5. The van der Waals surface area contributed by atoms with Crippen molar-refractivity contribution in [3.05, 3.63) is 88.0 Å². The molecule has 43 heavy (non-hydrogen) atoms. The number of nitrogens with zero attached hydrogens (tertiary/aromatic N) is 3. The fourth-order valence-electron chi connectivity index (χ4n) is 7.06. The smallest absolute Gasteiger partial charge is 0.269 e. The van der Waals surface area contributed by atoms with Gasteiger partial charge in [0.25, 0.3) is 17.5 Å². The molecule has 6 rings (SSSR count). The number of non-ortho nitro benzene ring substituents is 1. The van der Waals surface area contributed by atoms with Gasteiger partial charge in [0.1, 0.15) is 5.75 Å². The molecule has 1 saturated heterocycles. The maximum atomic E-state index is 15.8. The monoisotopic (exact) mass is 605 g/mol. The molecular formula is C31H32FN3O7Si. The van der Waals surface area contributed by atoms with Gasteiger partial charge in [-0.05, 0) is 55.4 Å². The SMILES string of the molecule is C[C@H]1[C@H]([Si](C)(C)F)[C@@H](CCO)O[C@]12C(=O)N(Cc1cccc(N3C(=O)COc4ccccc43)c1)c1ccc([N+](=O)[O-])cc12. The van der Waals surface area contributed by atoms with Gasteiger partial charge in [0.2, 0.25) is 8.41 Å². The van der Waals surface area contributed by atoms with Crippen molar-refractivity contribution >= 4 is 43.0 Å². The second kappa shape index (κ2) is 10.5. The standard InChI is InChI=1S/C31H32FN3O7Si/c1-19-29(43(2,3)32)27(13-14-36)42-31(19)23-16-22(35(39)40)11-12-24(23)33(30(31)38)17-20-7-6-8-21(15-20)34-25-9-4-5-10-26(25)41-18-28(34)37/h4-12,15-16,19,27,29,36H,13-14,17-18H2,1-3H3/t19-,27+,29-,31+/m0/s1. The quantitative estimate of drug-likeness (QED) is 0.167. The number of halogens is 1. The predicted molar refractivity (Wildman–Crippen MR) is 160 cm³/mol. The van der Waals surface area contributed by atoms with Gasteiger partial charge in [0, 0.05) is 41.4 Å². The van der Waals surface area contributed by atoms with E-state index in [1.807, 2.05) is 24.3 Å². The van der Waals surface area contributed by atoms with Crippen LogP contribution in [0.3, 0.4) is 0 Å². The van der Waals surface area contributed by atoms with E-state index in [4.69, 9.17) is 9.47 Å². The molecule has 12 heteroatoms. The average molecular weight is 606 g/mol. The van der Waals surface area contributed by atoms with Gasteiger partial charge in [-0.1, -0.05) is 31.2 Å². The zero-order valence-electron chi connectivity index (χ0n) is 24.0. The van der Waals surface area contributed by atoms with Crippen molar-refractivity contribution in [3.8, 4) is 5.75 Å². The number of hydrogen-bond acceptors (Lipinski definition) is 7. The first-order valence-electron chi connectivity index (χ1n) is 14.2. The lowest BCUT2D eigenvalue weighted by Crippen LogP contribution is -2.45. The van der Waals surface area contributed by atoms with Gasteiger partial charge in [-0.3, -0.25) is 24.6 Å². The van der Waals surface area contributed by atoms with Crippen molar-refractivity contribution in [3.63, 3.8) is 0 Å². The topological polar surface area (TPSA) is 122 Å². The number of aliphatic hydroxyl groups is 1. The Morgan fingerprint density at radius 1 is 1.09 bits per heavy atom. The van der Waals surface area contributed by atoms with Crippen LogP contribution in [-0.4, -0.2) is 49.6 Å². The molecule has 0 bridgehead atoms. The zero-order valence-corrected chi connectivity index (χ0v) is 25.0. The zero-order chi connectivity index (χ0) is 30.7. The summed E-state index contributed by atoms with van der Waals surface area (Å²) in [7, 11) is -3.41. The maximum absolute atomic E-state index is 15.8.